The van der Waals surface area contributed by atoms with Crippen LogP contribution < -0.4 is 5.56 Å². The molecule has 0 saturated heterocycles. The molecule has 38 heavy (non-hydrogen) atoms. The lowest BCUT2D eigenvalue weighted by atomic mass is 10.1. The van der Waals surface area contributed by atoms with Gasteiger partial charge in [-0.15, -0.1) is 0 Å². The summed E-state index contributed by atoms with van der Waals surface area (Å²) in [5.41, 5.74) is 2.26. The minimum Gasteiger partial charge on any atom is -0.493 e. The maximum atomic E-state index is 13.7. The van der Waals surface area contributed by atoms with Crippen molar-refractivity contribution in [3.05, 3.63) is 100 Å². The molecule has 0 radical (unpaired) electrons. The van der Waals surface area contributed by atoms with Gasteiger partial charge in [0.2, 0.25) is 15.7 Å². The summed E-state index contributed by atoms with van der Waals surface area (Å²) in [6, 6.07) is 18.6. The fourth-order valence-corrected chi connectivity index (χ4v) is 5.84. The summed E-state index contributed by atoms with van der Waals surface area (Å²) in [5, 5.41) is 11.5. The van der Waals surface area contributed by atoms with E-state index in [9.17, 15) is 18.3 Å². The van der Waals surface area contributed by atoms with Crippen molar-refractivity contribution in [3.63, 3.8) is 0 Å². The maximum Gasteiger partial charge on any atom is 0.296 e. The van der Waals surface area contributed by atoms with Crippen LogP contribution in [0.15, 0.2) is 87.5 Å². The lowest BCUT2D eigenvalue weighted by molar-refractivity contribution is 0.161. The van der Waals surface area contributed by atoms with Gasteiger partial charge in [-0.25, -0.2) is 8.42 Å². The molecule has 0 bridgehead atoms. The highest BCUT2D eigenvalue weighted by Gasteiger charge is 2.32. The van der Waals surface area contributed by atoms with Gasteiger partial charge in [-0.05, 0) is 42.7 Å². The molecule has 1 atom stereocenters. The predicted molar refractivity (Wildman–Crippen MR) is 145 cm³/mol. The fourth-order valence-electron chi connectivity index (χ4n) is 4.50. The first kappa shape index (κ1) is 27.2. The number of pyridine rings is 1. The van der Waals surface area contributed by atoms with Crippen LogP contribution in [0.25, 0.3) is 11.1 Å². The van der Waals surface area contributed by atoms with E-state index in [4.69, 9.17) is 4.74 Å². The van der Waals surface area contributed by atoms with Crippen LogP contribution >= 0.6 is 0 Å². The molecule has 4 rings (SSSR count). The van der Waals surface area contributed by atoms with Crippen LogP contribution in [0.4, 0.5) is 0 Å². The van der Waals surface area contributed by atoms with Crippen LogP contribution in [-0.4, -0.2) is 41.8 Å². The van der Waals surface area contributed by atoms with Crippen molar-refractivity contribution in [1.82, 2.24) is 14.5 Å². The standard InChI is InChI=1S/C29H31N3O5S/c1-4-5-13-26-31-28(33)27(29(34)32(26)25(19-37-3)22-10-7-6-8-11-22)38(35,36)23-16-14-21(15-17-23)24-12-9-18-30-20(24)2/h6-12,14-18,25,34H,4-5,13,19H2,1-3H3/t25-/m0/s1. The Morgan fingerprint density at radius 1 is 1.03 bits per heavy atom. The molecule has 1 N–H and O–H groups in total. The molecule has 2 aromatic carbocycles. The Kier molecular flexibility index (Phi) is 8.38. The van der Waals surface area contributed by atoms with Gasteiger partial charge in [-0.2, -0.15) is 4.98 Å². The molecule has 2 aromatic heterocycles. The first-order valence-electron chi connectivity index (χ1n) is 12.4. The Morgan fingerprint density at radius 2 is 1.74 bits per heavy atom. The van der Waals surface area contributed by atoms with Gasteiger partial charge in [0.25, 0.3) is 5.56 Å². The van der Waals surface area contributed by atoms with E-state index in [0.717, 1.165) is 28.8 Å². The van der Waals surface area contributed by atoms with E-state index in [1.54, 1.807) is 18.3 Å². The summed E-state index contributed by atoms with van der Waals surface area (Å²) in [6.45, 7) is 4.01. The van der Waals surface area contributed by atoms with Crippen LogP contribution in [0.3, 0.4) is 0 Å². The number of hydrogen-bond acceptors (Lipinski definition) is 7. The van der Waals surface area contributed by atoms with Gasteiger partial charge < -0.3 is 9.84 Å². The van der Waals surface area contributed by atoms with Crippen molar-refractivity contribution in [1.29, 1.82) is 0 Å². The molecule has 198 valence electrons. The summed E-state index contributed by atoms with van der Waals surface area (Å²) < 4.78 is 34.3. The fraction of sp³-hybridized carbons (Fsp3) is 0.276. The van der Waals surface area contributed by atoms with E-state index >= 15 is 0 Å². The molecule has 2 heterocycles. The van der Waals surface area contributed by atoms with Gasteiger partial charge >= 0.3 is 0 Å². The van der Waals surface area contributed by atoms with Gasteiger partial charge in [0, 0.05) is 31.0 Å². The highest BCUT2D eigenvalue weighted by Crippen LogP contribution is 2.33. The topological polar surface area (TPSA) is 111 Å². The minimum absolute atomic E-state index is 0.118. The number of aromatic hydroxyl groups is 1. The summed E-state index contributed by atoms with van der Waals surface area (Å²) in [7, 11) is -2.88. The largest absolute Gasteiger partial charge is 0.493 e. The van der Waals surface area contributed by atoms with Crippen LogP contribution in [0, 0.1) is 6.92 Å². The number of ether oxygens (including phenoxy) is 1. The summed E-state index contributed by atoms with van der Waals surface area (Å²) in [4.78, 5) is 20.7. The van der Waals surface area contributed by atoms with Crippen molar-refractivity contribution in [2.45, 2.75) is 48.9 Å². The maximum absolute atomic E-state index is 13.7. The van der Waals surface area contributed by atoms with Gasteiger partial charge in [-0.1, -0.05) is 61.9 Å². The Hall–Kier alpha value is -3.82. The number of unbranched alkanes of at least 4 members (excludes halogenated alkanes) is 1. The van der Waals surface area contributed by atoms with E-state index in [1.165, 1.54) is 23.8 Å². The van der Waals surface area contributed by atoms with Gasteiger partial charge in [0.15, 0.2) is 4.90 Å². The first-order chi connectivity index (χ1) is 18.3. The zero-order chi connectivity index (χ0) is 27.3. The van der Waals surface area contributed by atoms with Crippen LogP contribution in [0.5, 0.6) is 5.88 Å². The molecule has 0 amide bonds. The Morgan fingerprint density at radius 3 is 2.37 bits per heavy atom. The third kappa shape index (κ3) is 5.39. The number of aryl methyl sites for hydroxylation is 2. The Balaban J connectivity index is 1.87. The summed E-state index contributed by atoms with van der Waals surface area (Å²) >= 11 is 0. The molecule has 0 aliphatic heterocycles. The lowest BCUT2D eigenvalue weighted by Crippen LogP contribution is -2.29. The number of methoxy groups -OCH3 is 1. The third-order valence-electron chi connectivity index (χ3n) is 6.46. The van der Waals surface area contributed by atoms with Crippen molar-refractivity contribution in [3.8, 4) is 17.0 Å². The van der Waals surface area contributed by atoms with Crippen LogP contribution in [0.2, 0.25) is 0 Å². The molecule has 9 heteroatoms. The van der Waals surface area contributed by atoms with Gasteiger partial charge in [0.05, 0.1) is 17.5 Å². The van der Waals surface area contributed by atoms with E-state index < -0.39 is 32.2 Å². The molecule has 4 aromatic rings. The normalized spacial score (nSPS) is 12.4. The zero-order valence-electron chi connectivity index (χ0n) is 21.7. The molecule has 0 saturated carbocycles. The Bertz CT molecular complexity index is 1570. The summed E-state index contributed by atoms with van der Waals surface area (Å²) in [5.74, 6) is -0.337. The molecule has 0 aliphatic carbocycles. The molecule has 0 aliphatic rings. The van der Waals surface area contributed by atoms with Crippen LogP contribution in [-0.2, 0) is 21.0 Å². The zero-order valence-corrected chi connectivity index (χ0v) is 22.5. The number of sulfone groups is 1. The van der Waals surface area contributed by atoms with E-state index in [2.05, 4.69) is 9.97 Å². The van der Waals surface area contributed by atoms with E-state index in [0.29, 0.717) is 18.7 Å². The highest BCUT2D eigenvalue weighted by molar-refractivity contribution is 7.91. The van der Waals surface area contributed by atoms with E-state index in [-0.39, 0.29) is 11.5 Å². The number of rotatable bonds is 10. The van der Waals surface area contributed by atoms with Crippen LogP contribution in [0.1, 0.15) is 42.9 Å². The average molecular weight is 534 g/mol. The van der Waals surface area contributed by atoms with Crippen molar-refractivity contribution in [2.75, 3.05) is 13.7 Å². The second-order valence-corrected chi connectivity index (χ2v) is 10.9. The monoisotopic (exact) mass is 533 g/mol. The highest BCUT2D eigenvalue weighted by atomic mass is 32.2. The molecule has 0 unspecified atom stereocenters. The SMILES string of the molecule is CCCCc1nc(=O)c(S(=O)(=O)c2ccc(-c3cccnc3C)cc2)c(O)n1[C@@H](COC)c1ccccc1. The first-order valence-corrected chi connectivity index (χ1v) is 13.9. The minimum atomic E-state index is -4.40. The number of benzene rings is 2. The molecular weight excluding hydrogens is 502 g/mol. The number of hydrogen-bond donors (Lipinski definition) is 1. The summed E-state index contributed by atoms with van der Waals surface area (Å²) in [6.07, 6.45) is 3.63. The molecule has 0 spiro atoms. The molecule has 0 fully saturated rings. The smallest absolute Gasteiger partial charge is 0.296 e. The quantitative estimate of drug-likeness (QED) is 0.314. The Labute approximate surface area is 222 Å². The number of nitrogens with zero attached hydrogens (tertiary/aromatic N) is 3. The van der Waals surface area contributed by atoms with Crippen molar-refractivity contribution >= 4 is 9.84 Å². The van der Waals surface area contributed by atoms with Crippen molar-refractivity contribution in [2.24, 2.45) is 0 Å². The second kappa shape index (κ2) is 11.7. The predicted octanol–water partition coefficient (Wildman–Crippen LogP) is 4.73. The molecular formula is C29H31N3O5S. The molecule has 8 nitrogen and oxygen atoms in total. The van der Waals surface area contributed by atoms with Gasteiger partial charge in [0.1, 0.15) is 5.82 Å². The third-order valence-corrected chi connectivity index (χ3v) is 8.25. The average Bonchev–Trinajstić information content (AvgIpc) is 2.91. The van der Waals surface area contributed by atoms with E-state index in [1.807, 2.05) is 56.3 Å². The number of aromatic nitrogens is 3. The van der Waals surface area contributed by atoms with Gasteiger partial charge in [-0.3, -0.25) is 14.3 Å². The lowest BCUT2D eigenvalue weighted by Gasteiger charge is -2.25. The second-order valence-electron chi connectivity index (χ2n) is 9.01. The van der Waals surface area contributed by atoms with Crippen molar-refractivity contribution < 1.29 is 18.3 Å².